The first kappa shape index (κ1) is 19.1. The fourth-order valence-corrected chi connectivity index (χ4v) is 2.82. The number of hydrogen-bond acceptors (Lipinski definition) is 5. The van der Waals surface area contributed by atoms with Crippen molar-refractivity contribution < 1.29 is 19.1 Å². The molecule has 8 heteroatoms. The maximum Gasteiger partial charge on any atom is 0.250 e. The van der Waals surface area contributed by atoms with E-state index in [0.29, 0.717) is 19.7 Å². The van der Waals surface area contributed by atoms with E-state index in [9.17, 15) is 14.4 Å². The highest BCUT2D eigenvalue weighted by molar-refractivity contribution is 5.78. The molecule has 1 N–H and O–H groups in total. The third-order valence-electron chi connectivity index (χ3n) is 4.36. The van der Waals surface area contributed by atoms with Crippen LogP contribution in [0.3, 0.4) is 0 Å². The van der Waals surface area contributed by atoms with Gasteiger partial charge in [0.15, 0.2) is 0 Å². The molecule has 2 heterocycles. The summed E-state index contributed by atoms with van der Waals surface area (Å²) in [5.74, 6) is -0.268. The van der Waals surface area contributed by atoms with Crippen molar-refractivity contribution in [3.63, 3.8) is 0 Å². The van der Waals surface area contributed by atoms with E-state index in [-0.39, 0.29) is 43.4 Å². The van der Waals surface area contributed by atoms with Crippen LogP contribution in [0.1, 0.15) is 12.8 Å². The fraction of sp³-hybridized carbons (Fsp3) is 0.588. The van der Waals surface area contributed by atoms with Crippen LogP contribution < -0.4 is 10.9 Å². The Labute approximate surface area is 146 Å². The molecule has 8 nitrogen and oxygen atoms in total. The Morgan fingerprint density at radius 2 is 2.20 bits per heavy atom. The molecular formula is C17H25N3O5. The highest BCUT2D eigenvalue weighted by Gasteiger charge is 2.38. The van der Waals surface area contributed by atoms with E-state index >= 15 is 0 Å². The number of pyridine rings is 1. The molecule has 0 aliphatic carbocycles. The summed E-state index contributed by atoms with van der Waals surface area (Å²) in [5.41, 5.74) is -1.00. The van der Waals surface area contributed by atoms with Gasteiger partial charge in [0.2, 0.25) is 11.8 Å². The lowest BCUT2D eigenvalue weighted by Crippen LogP contribution is -2.50. The van der Waals surface area contributed by atoms with Crippen molar-refractivity contribution in [2.75, 3.05) is 40.5 Å². The number of ether oxygens (including phenoxy) is 2. The van der Waals surface area contributed by atoms with E-state index in [0.717, 1.165) is 0 Å². The minimum Gasteiger partial charge on any atom is -0.377 e. The predicted molar refractivity (Wildman–Crippen MR) is 91.1 cm³/mol. The second-order valence-corrected chi connectivity index (χ2v) is 6.09. The lowest BCUT2D eigenvalue weighted by molar-refractivity contribution is -0.140. The van der Waals surface area contributed by atoms with E-state index < -0.39 is 5.60 Å². The zero-order valence-corrected chi connectivity index (χ0v) is 14.7. The monoisotopic (exact) mass is 351 g/mol. The number of nitrogens with zero attached hydrogens (tertiary/aromatic N) is 2. The summed E-state index contributed by atoms with van der Waals surface area (Å²) < 4.78 is 12.6. The highest BCUT2D eigenvalue weighted by atomic mass is 16.5. The molecule has 1 aromatic rings. The molecule has 1 saturated heterocycles. The molecule has 0 spiro atoms. The Kier molecular flexibility index (Phi) is 6.72. The van der Waals surface area contributed by atoms with Gasteiger partial charge in [-0.05, 0) is 6.07 Å². The molecule has 0 radical (unpaired) electrons. The van der Waals surface area contributed by atoms with Crippen molar-refractivity contribution in [3.05, 3.63) is 34.7 Å². The van der Waals surface area contributed by atoms with Crippen molar-refractivity contribution in [2.24, 2.45) is 0 Å². The Morgan fingerprint density at radius 3 is 2.88 bits per heavy atom. The van der Waals surface area contributed by atoms with Crippen molar-refractivity contribution in [1.29, 1.82) is 0 Å². The third kappa shape index (κ3) is 5.14. The topological polar surface area (TPSA) is 89.9 Å². The van der Waals surface area contributed by atoms with Gasteiger partial charge >= 0.3 is 0 Å². The van der Waals surface area contributed by atoms with Gasteiger partial charge in [-0.1, -0.05) is 6.07 Å². The normalized spacial score (nSPS) is 20.8. The van der Waals surface area contributed by atoms with E-state index in [1.807, 2.05) is 0 Å². The highest BCUT2D eigenvalue weighted by Crippen LogP contribution is 2.21. The van der Waals surface area contributed by atoms with Crippen LogP contribution in [0.2, 0.25) is 0 Å². The average Bonchev–Trinajstić information content (AvgIpc) is 2.84. The lowest BCUT2D eigenvalue weighted by Gasteiger charge is -2.33. The van der Waals surface area contributed by atoms with Crippen molar-refractivity contribution in [1.82, 2.24) is 14.8 Å². The van der Waals surface area contributed by atoms with E-state index in [1.165, 1.54) is 17.7 Å². The number of carbonyl (C=O) groups is 2. The first-order valence-electron chi connectivity index (χ1n) is 8.26. The van der Waals surface area contributed by atoms with Crippen LogP contribution >= 0.6 is 0 Å². The van der Waals surface area contributed by atoms with Crippen molar-refractivity contribution in [3.8, 4) is 0 Å². The first-order valence-corrected chi connectivity index (χ1v) is 8.26. The number of hydrogen-bond donors (Lipinski definition) is 1. The van der Waals surface area contributed by atoms with Crippen molar-refractivity contribution in [2.45, 2.75) is 25.0 Å². The van der Waals surface area contributed by atoms with Crippen molar-refractivity contribution >= 4 is 11.8 Å². The standard InChI is InChI=1S/C17H25N3O5/c1-18-14(21)11-17(24-2)12-20(9-10-25-13-17)16(23)6-8-19-7-4-3-5-15(19)22/h3-5,7H,6,8-13H2,1-2H3,(H,18,21). The van der Waals surface area contributed by atoms with Gasteiger partial charge in [-0.25, -0.2) is 0 Å². The van der Waals surface area contributed by atoms with Crippen LogP contribution in [-0.4, -0.2) is 67.3 Å². The van der Waals surface area contributed by atoms with Crippen LogP contribution in [0.15, 0.2) is 29.2 Å². The lowest BCUT2D eigenvalue weighted by atomic mass is 9.99. The molecular weight excluding hydrogens is 326 g/mol. The summed E-state index contributed by atoms with van der Waals surface area (Å²) in [4.78, 5) is 37.8. The number of rotatable bonds is 6. The Bertz CT molecular complexity index is 660. The quantitative estimate of drug-likeness (QED) is 0.754. The summed E-state index contributed by atoms with van der Waals surface area (Å²) in [6.45, 7) is 1.65. The number of methoxy groups -OCH3 is 1. The molecule has 1 fully saturated rings. The third-order valence-corrected chi connectivity index (χ3v) is 4.36. The van der Waals surface area contributed by atoms with Gasteiger partial charge in [0.05, 0.1) is 26.2 Å². The van der Waals surface area contributed by atoms with Gasteiger partial charge in [0, 0.05) is 45.9 Å². The number of aryl methyl sites for hydroxylation is 1. The smallest absolute Gasteiger partial charge is 0.250 e. The van der Waals surface area contributed by atoms with Gasteiger partial charge in [0.25, 0.3) is 5.56 Å². The molecule has 1 aromatic heterocycles. The zero-order valence-electron chi connectivity index (χ0n) is 14.7. The summed E-state index contributed by atoms with van der Waals surface area (Å²) >= 11 is 0. The van der Waals surface area contributed by atoms with Crippen LogP contribution in [0, 0.1) is 0 Å². The first-order chi connectivity index (χ1) is 12.0. The molecule has 2 amide bonds. The van der Waals surface area contributed by atoms with Gasteiger partial charge < -0.3 is 24.3 Å². The van der Waals surface area contributed by atoms with Crippen LogP contribution in [-0.2, 0) is 25.6 Å². The second-order valence-electron chi connectivity index (χ2n) is 6.09. The minimum absolute atomic E-state index is 0.0976. The Balaban J connectivity index is 2.03. The molecule has 138 valence electrons. The molecule has 1 aliphatic heterocycles. The van der Waals surface area contributed by atoms with Gasteiger partial charge in [-0.15, -0.1) is 0 Å². The Hall–Kier alpha value is -2.19. The Morgan fingerprint density at radius 1 is 1.40 bits per heavy atom. The molecule has 1 aliphatic rings. The SMILES string of the molecule is CNC(=O)CC1(OC)COCCN(C(=O)CCn2ccccc2=O)C1. The predicted octanol–water partition coefficient (Wildman–Crippen LogP) is -0.381. The average molecular weight is 351 g/mol. The summed E-state index contributed by atoms with van der Waals surface area (Å²) in [6.07, 6.45) is 1.97. The summed E-state index contributed by atoms with van der Waals surface area (Å²) in [6, 6.07) is 4.88. The summed E-state index contributed by atoms with van der Waals surface area (Å²) in [5, 5.41) is 2.57. The minimum atomic E-state index is -0.865. The molecule has 0 aromatic carbocycles. The molecule has 0 saturated carbocycles. The second kappa shape index (κ2) is 8.77. The number of amides is 2. The number of nitrogens with one attached hydrogen (secondary N) is 1. The largest absolute Gasteiger partial charge is 0.377 e. The van der Waals surface area contributed by atoms with E-state index in [4.69, 9.17) is 9.47 Å². The number of carbonyl (C=O) groups excluding carboxylic acids is 2. The van der Waals surface area contributed by atoms with E-state index in [2.05, 4.69) is 5.32 Å². The summed E-state index contributed by atoms with van der Waals surface area (Å²) in [7, 11) is 3.08. The number of aromatic nitrogens is 1. The molecule has 0 bridgehead atoms. The zero-order chi connectivity index (χ0) is 18.3. The molecule has 1 unspecified atom stereocenters. The van der Waals surface area contributed by atoms with Gasteiger partial charge in [0.1, 0.15) is 5.60 Å². The maximum absolute atomic E-state index is 12.6. The van der Waals surface area contributed by atoms with Gasteiger partial charge in [-0.3, -0.25) is 14.4 Å². The molecule has 25 heavy (non-hydrogen) atoms. The molecule has 2 rings (SSSR count). The van der Waals surface area contributed by atoms with E-state index in [1.54, 1.807) is 30.3 Å². The fourth-order valence-electron chi connectivity index (χ4n) is 2.82. The molecule has 1 atom stereocenters. The van der Waals surface area contributed by atoms with Crippen LogP contribution in [0.25, 0.3) is 0 Å². The van der Waals surface area contributed by atoms with Gasteiger partial charge in [-0.2, -0.15) is 0 Å². The van der Waals surface area contributed by atoms with Crippen LogP contribution in [0.5, 0.6) is 0 Å². The van der Waals surface area contributed by atoms with Crippen LogP contribution in [0.4, 0.5) is 0 Å². The maximum atomic E-state index is 12.6.